The minimum Gasteiger partial charge on any atom is -0.496 e. The Morgan fingerprint density at radius 2 is 1.54 bits per heavy atom. The number of hydrogen-bond acceptors (Lipinski definition) is 3. The van der Waals surface area contributed by atoms with Crippen molar-refractivity contribution >= 4 is 23.4 Å². The molecule has 2 aromatic carbocycles. The van der Waals surface area contributed by atoms with Crippen LogP contribution in [-0.2, 0) is 0 Å². The van der Waals surface area contributed by atoms with Gasteiger partial charge in [-0.1, -0.05) is 11.6 Å². The average Bonchev–Trinajstić information content (AvgIpc) is 2.67. The van der Waals surface area contributed by atoms with Crippen molar-refractivity contribution in [2.45, 2.75) is 0 Å². The van der Waals surface area contributed by atoms with Crippen molar-refractivity contribution in [2.24, 2.45) is 0 Å². The zero-order valence-corrected chi connectivity index (χ0v) is 15.0. The molecule has 2 amide bonds. The predicted octanol–water partition coefficient (Wildman–Crippen LogP) is 3.09. The lowest BCUT2D eigenvalue weighted by molar-refractivity contribution is 0.0533. The maximum absolute atomic E-state index is 13.5. The number of halogens is 2. The van der Waals surface area contributed by atoms with E-state index >= 15 is 0 Å². The van der Waals surface area contributed by atoms with Crippen LogP contribution >= 0.6 is 11.6 Å². The summed E-state index contributed by atoms with van der Waals surface area (Å²) in [5, 5.41) is 0.570. The number of hydrogen-bond donors (Lipinski definition) is 0. The first-order valence-corrected chi connectivity index (χ1v) is 8.55. The van der Waals surface area contributed by atoms with Gasteiger partial charge in [0.2, 0.25) is 0 Å². The van der Waals surface area contributed by atoms with Gasteiger partial charge in [0.25, 0.3) is 11.8 Å². The Morgan fingerprint density at radius 1 is 0.962 bits per heavy atom. The van der Waals surface area contributed by atoms with Gasteiger partial charge in [-0.2, -0.15) is 0 Å². The zero-order chi connectivity index (χ0) is 18.7. The number of benzene rings is 2. The summed E-state index contributed by atoms with van der Waals surface area (Å²) in [6.45, 7) is 1.56. The Bertz CT molecular complexity index is 818. The van der Waals surface area contributed by atoms with Gasteiger partial charge in [0.15, 0.2) is 0 Å². The highest BCUT2D eigenvalue weighted by molar-refractivity contribution is 6.30. The Balaban J connectivity index is 1.66. The van der Waals surface area contributed by atoms with Gasteiger partial charge >= 0.3 is 0 Å². The molecule has 0 radical (unpaired) electrons. The summed E-state index contributed by atoms with van der Waals surface area (Å²) in [7, 11) is 1.44. The van der Waals surface area contributed by atoms with Crippen LogP contribution in [0.2, 0.25) is 5.02 Å². The standard InChI is InChI=1S/C19H18ClFN2O3/c1-26-17-7-6-15(21)12-16(17)19(25)23-10-8-22(9-11-23)18(24)13-2-4-14(20)5-3-13/h2-7,12H,8-11H2,1H3. The molecular formula is C19H18ClFN2O3. The van der Waals surface area contributed by atoms with E-state index in [0.29, 0.717) is 42.5 Å². The van der Waals surface area contributed by atoms with Gasteiger partial charge in [-0.25, -0.2) is 4.39 Å². The minimum absolute atomic E-state index is 0.0999. The molecule has 1 saturated heterocycles. The zero-order valence-electron chi connectivity index (χ0n) is 14.2. The molecule has 1 aliphatic heterocycles. The number of nitrogens with zero attached hydrogens (tertiary/aromatic N) is 2. The van der Waals surface area contributed by atoms with Crippen LogP contribution in [0.5, 0.6) is 5.75 Å². The first-order chi connectivity index (χ1) is 12.5. The molecule has 0 atom stereocenters. The molecule has 3 rings (SSSR count). The highest BCUT2D eigenvalue weighted by Crippen LogP contribution is 2.22. The van der Waals surface area contributed by atoms with E-state index in [1.807, 2.05) is 0 Å². The number of carbonyl (C=O) groups excluding carboxylic acids is 2. The van der Waals surface area contributed by atoms with Crippen LogP contribution in [-0.4, -0.2) is 54.9 Å². The fourth-order valence-electron chi connectivity index (χ4n) is 2.91. The maximum atomic E-state index is 13.5. The number of amides is 2. The Hall–Kier alpha value is -2.60. The molecule has 0 aromatic heterocycles. The lowest BCUT2D eigenvalue weighted by Gasteiger charge is -2.35. The highest BCUT2D eigenvalue weighted by Gasteiger charge is 2.27. The van der Waals surface area contributed by atoms with E-state index in [2.05, 4.69) is 0 Å². The second-order valence-corrected chi connectivity index (χ2v) is 6.37. The molecule has 2 aromatic rings. The van der Waals surface area contributed by atoms with E-state index in [-0.39, 0.29) is 17.4 Å². The molecule has 1 heterocycles. The number of carbonyl (C=O) groups is 2. The van der Waals surface area contributed by atoms with Gasteiger partial charge in [0.05, 0.1) is 12.7 Å². The van der Waals surface area contributed by atoms with Crippen molar-refractivity contribution in [2.75, 3.05) is 33.3 Å². The number of piperazine rings is 1. The van der Waals surface area contributed by atoms with E-state index in [9.17, 15) is 14.0 Å². The summed E-state index contributed by atoms with van der Waals surface area (Å²) in [4.78, 5) is 28.5. The number of ether oxygens (including phenoxy) is 1. The van der Waals surface area contributed by atoms with Crippen molar-refractivity contribution in [3.8, 4) is 5.75 Å². The van der Waals surface area contributed by atoms with E-state index < -0.39 is 5.82 Å². The fourth-order valence-corrected chi connectivity index (χ4v) is 3.03. The van der Waals surface area contributed by atoms with Crippen LogP contribution in [0.3, 0.4) is 0 Å². The van der Waals surface area contributed by atoms with E-state index in [4.69, 9.17) is 16.3 Å². The summed E-state index contributed by atoms with van der Waals surface area (Å²) < 4.78 is 18.7. The molecule has 26 heavy (non-hydrogen) atoms. The van der Waals surface area contributed by atoms with Crippen molar-refractivity contribution in [3.63, 3.8) is 0 Å². The summed E-state index contributed by atoms with van der Waals surface area (Å²) >= 11 is 5.84. The van der Waals surface area contributed by atoms with Crippen molar-refractivity contribution in [1.82, 2.24) is 9.80 Å². The van der Waals surface area contributed by atoms with E-state index in [1.54, 1.807) is 34.1 Å². The molecule has 0 unspecified atom stereocenters. The Labute approximate surface area is 155 Å². The molecule has 0 aliphatic carbocycles. The third-order valence-electron chi connectivity index (χ3n) is 4.34. The van der Waals surface area contributed by atoms with Crippen LogP contribution < -0.4 is 4.74 Å². The van der Waals surface area contributed by atoms with Gasteiger partial charge in [0.1, 0.15) is 11.6 Å². The third kappa shape index (κ3) is 3.80. The maximum Gasteiger partial charge on any atom is 0.257 e. The molecular weight excluding hydrogens is 359 g/mol. The number of methoxy groups -OCH3 is 1. The number of rotatable bonds is 3. The summed E-state index contributed by atoms with van der Waals surface area (Å²) in [6.07, 6.45) is 0. The summed E-state index contributed by atoms with van der Waals surface area (Å²) in [6, 6.07) is 10.6. The molecule has 0 N–H and O–H groups in total. The molecule has 1 fully saturated rings. The fraction of sp³-hybridized carbons (Fsp3) is 0.263. The topological polar surface area (TPSA) is 49.9 Å². The van der Waals surface area contributed by atoms with Crippen LogP contribution in [0.4, 0.5) is 4.39 Å². The second-order valence-electron chi connectivity index (χ2n) is 5.94. The Morgan fingerprint density at radius 3 is 2.12 bits per heavy atom. The molecule has 0 bridgehead atoms. The van der Waals surface area contributed by atoms with Crippen molar-refractivity contribution in [3.05, 3.63) is 64.4 Å². The van der Waals surface area contributed by atoms with Gasteiger partial charge in [-0.15, -0.1) is 0 Å². The second kappa shape index (κ2) is 7.74. The largest absolute Gasteiger partial charge is 0.496 e. The lowest BCUT2D eigenvalue weighted by Crippen LogP contribution is -2.50. The minimum atomic E-state index is -0.495. The van der Waals surface area contributed by atoms with Gasteiger partial charge in [-0.05, 0) is 42.5 Å². The summed E-state index contributed by atoms with van der Waals surface area (Å²) in [5.74, 6) is -0.571. The molecule has 7 heteroatoms. The molecule has 5 nitrogen and oxygen atoms in total. The first-order valence-electron chi connectivity index (χ1n) is 8.17. The van der Waals surface area contributed by atoms with Gasteiger partial charge in [0, 0.05) is 36.8 Å². The molecule has 1 aliphatic rings. The Kier molecular flexibility index (Phi) is 5.42. The molecule has 136 valence electrons. The van der Waals surface area contributed by atoms with Crippen LogP contribution in [0.1, 0.15) is 20.7 Å². The van der Waals surface area contributed by atoms with Crippen LogP contribution in [0, 0.1) is 5.82 Å². The average molecular weight is 377 g/mol. The van der Waals surface area contributed by atoms with Gasteiger partial charge in [-0.3, -0.25) is 9.59 Å². The van der Waals surface area contributed by atoms with E-state index in [0.717, 1.165) is 0 Å². The van der Waals surface area contributed by atoms with Crippen LogP contribution in [0.15, 0.2) is 42.5 Å². The predicted molar refractivity (Wildman–Crippen MR) is 96.2 cm³/mol. The molecule has 0 spiro atoms. The summed E-state index contributed by atoms with van der Waals surface area (Å²) in [5.41, 5.74) is 0.742. The van der Waals surface area contributed by atoms with Crippen molar-refractivity contribution in [1.29, 1.82) is 0 Å². The highest BCUT2D eigenvalue weighted by atomic mass is 35.5. The first kappa shape index (κ1) is 18.2. The SMILES string of the molecule is COc1ccc(F)cc1C(=O)N1CCN(C(=O)c2ccc(Cl)cc2)CC1. The van der Waals surface area contributed by atoms with E-state index in [1.165, 1.54) is 25.3 Å². The lowest BCUT2D eigenvalue weighted by atomic mass is 10.1. The van der Waals surface area contributed by atoms with Crippen molar-refractivity contribution < 1.29 is 18.7 Å². The normalized spacial score (nSPS) is 14.3. The molecule has 0 saturated carbocycles. The monoisotopic (exact) mass is 376 g/mol. The third-order valence-corrected chi connectivity index (χ3v) is 4.59. The van der Waals surface area contributed by atoms with Crippen LogP contribution in [0.25, 0.3) is 0 Å². The smallest absolute Gasteiger partial charge is 0.257 e. The quantitative estimate of drug-likeness (QED) is 0.827. The van der Waals surface area contributed by atoms with Gasteiger partial charge < -0.3 is 14.5 Å².